The van der Waals surface area contributed by atoms with E-state index in [9.17, 15) is 13.2 Å². The summed E-state index contributed by atoms with van der Waals surface area (Å²) >= 11 is 6.23. The van der Waals surface area contributed by atoms with Gasteiger partial charge >= 0.3 is 0 Å². The molecule has 0 fully saturated rings. The lowest BCUT2D eigenvalue weighted by Gasteiger charge is -2.33. The molecule has 1 aromatic rings. The number of nitrogens with zero attached hydrogens (tertiary/aromatic N) is 1. The van der Waals surface area contributed by atoms with Crippen LogP contribution in [-0.4, -0.2) is 37.8 Å². The number of halogens is 1. The fourth-order valence-corrected chi connectivity index (χ4v) is 3.12. The highest BCUT2D eigenvalue weighted by Crippen LogP contribution is 2.33. The molecule has 118 valence electrons. The quantitative estimate of drug-likeness (QED) is 0.833. The maximum atomic E-state index is 12.4. The Bertz CT molecular complexity index is 613. The normalized spacial score (nSPS) is 14.8. The van der Waals surface area contributed by atoms with Crippen molar-refractivity contribution in [2.75, 3.05) is 13.3 Å². The van der Waals surface area contributed by atoms with Gasteiger partial charge in [-0.05, 0) is 24.5 Å². The van der Waals surface area contributed by atoms with Crippen molar-refractivity contribution in [1.29, 1.82) is 0 Å². The van der Waals surface area contributed by atoms with Gasteiger partial charge in [-0.2, -0.15) is 0 Å². The summed E-state index contributed by atoms with van der Waals surface area (Å²) < 4.78 is 23.2. The van der Waals surface area contributed by atoms with E-state index in [4.69, 9.17) is 11.6 Å². The summed E-state index contributed by atoms with van der Waals surface area (Å²) in [5.41, 5.74) is 0.825. The van der Waals surface area contributed by atoms with Crippen LogP contribution in [0, 0.1) is 5.92 Å². The lowest BCUT2D eigenvalue weighted by molar-refractivity contribution is -0.132. The summed E-state index contributed by atoms with van der Waals surface area (Å²) in [5, 5.41) is -0.492. The molecule has 0 aliphatic heterocycles. The first kappa shape index (κ1) is 18.0. The average molecular weight is 332 g/mol. The summed E-state index contributed by atoms with van der Waals surface area (Å²) in [4.78, 5) is 13.9. The number of benzene rings is 1. The Balaban J connectivity index is 3.19. The largest absolute Gasteiger partial charge is 0.337 e. The molecule has 0 aliphatic rings. The van der Waals surface area contributed by atoms with Crippen LogP contribution in [0.1, 0.15) is 32.4 Å². The second-order valence-electron chi connectivity index (χ2n) is 5.63. The Kier molecular flexibility index (Phi) is 5.82. The fraction of sp³-hybridized carbons (Fsp3) is 0.533. The Hall–Kier alpha value is -1.07. The molecule has 0 bridgehead atoms. The van der Waals surface area contributed by atoms with Gasteiger partial charge in [-0.3, -0.25) is 4.79 Å². The molecule has 0 radical (unpaired) electrons. The molecular weight excluding hydrogens is 310 g/mol. The first-order valence-corrected chi connectivity index (χ1v) is 9.10. The standard InChI is InChI=1S/C15H22ClNO3S/c1-10(2)14(12-8-6-7-9-13(12)16)17(4)15(18)11(3)21(5,19)20/h6-11,14H,1-5H3/t11-,14-/m0/s1. The van der Waals surface area contributed by atoms with E-state index in [1.165, 1.54) is 11.8 Å². The molecule has 4 nitrogen and oxygen atoms in total. The molecule has 21 heavy (non-hydrogen) atoms. The summed E-state index contributed by atoms with van der Waals surface area (Å²) in [6, 6.07) is 7.04. The lowest BCUT2D eigenvalue weighted by Crippen LogP contribution is -2.42. The zero-order valence-corrected chi connectivity index (χ0v) is 14.6. The van der Waals surface area contributed by atoms with Gasteiger partial charge in [0.05, 0.1) is 6.04 Å². The van der Waals surface area contributed by atoms with E-state index in [0.717, 1.165) is 11.8 Å². The molecule has 0 saturated carbocycles. The van der Waals surface area contributed by atoms with Crippen LogP contribution in [0.15, 0.2) is 24.3 Å². The van der Waals surface area contributed by atoms with E-state index in [-0.39, 0.29) is 12.0 Å². The minimum Gasteiger partial charge on any atom is -0.337 e. The van der Waals surface area contributed by atoms with Gasteiger partial charge < -0.3 is 4.90 Å². The van der Waals surface area contributed by atoms with Crippen LogP contribution in [0.2, 0.25) is 5.02 Å². The van der Waals surface area contributed by atoms with Crippen molar-refractivity contribution in [2.45, 2.75) is 32.1 Å². The predicted octanol–water partition coefficient (Wildman–Crippen LogP) is 2.93. The third-order valence-electron chi connectivity index (χ3n) is 3.61. The van der Waals surface area contributed by atoms with Crippen molar-refractivity contribution in [1.82, 2.24) is 4.90 Å². The van der Waals surface area contributed by atoms with Gasteiger partial charge in [-0.1, -0.05) is 43.6 Å². The van der Waals surface area contributed by atoms with E-state index < -0.39 is 21.0 Å². The molecule has 0 N–H and O–H groups in total. The van der Waals surface area contributed by atoms with E-state index in [0.29, 0.717) is 5.02 Å². The van der Waals surface area contributed by atoms with E-state index in [1.54, 1.807) is 13.1 Å². The van der Waals surface area contributed by atoms with E-state index >= 15 is 0 Å². The Morgan fingerprint density at radius 3 is 2.14 bits per heavy atom. The Labute approximate surface area is 132 Å². The lowest BCUT2D eigenvalue weighted by atomic mass is 9.94. The number of rotatable bonds is 5. The first-order chi connectivity index (χ1) is 9.57. The molecule has 0 heterocycles. The van der Waals surface area contributed by atoms with Crippen molar-refractivity contribution < 1.29 is 13.2 Å². The number of carbonyl (C=O) groups excluding carboxylic acids is 1. The minimum absolute atomic E-state index is 0.102. The third-order valence-corrected chi connectivity index (χ3v) is 5.44. The predicted molar refractivity (Wildman–Crippen MR) is 86.1 cm³/mol. The van der Waals surface area contributed by atoms with Crippen LogP contribution >= 0.6 is 11.6 Å². The van der Waals surface area contributed by atoms with Crippen molar-refractivity contribution >= 4 is 27.3 Å². The molecule has 1 aromatic carbocycles. The summed E-state index contributed by atoms with van der Waals surface area (Å²) in [5.74, 6) is -0.318. The zero-order valence-electron chi connectivity index (χ0n) is 13.0. The maximum absolute atomic E-state index is 12.4. The second kappa shape index (κ2) is 6.79. The highest BCUT2D eigenvalue weighted by molar-refractivity contribution is 7.92. The molecule has 1 amide bonds. The van der Waals surface area contributed by atoms with Crippen LogP contribution in [0.3, 0.4) is 0 Å². The molecule has 0 aliphatic carbocycles. The van der Waals surface area contributed by atoms with Gasteiger partial charge in [0.2, 0.25) is 5.91 Å². The van der Waals surface area contributed by atoms with E-state index in [2.05, 4.69) is 0 Å². The van der Waals surface area contributed by atoms with Gasteiger partial charge in [-0.25, -0.2) is 8.42 Å². The molecule has 0 saturated heterocycles. The SMILES string of the molecule is CC(C)[C@@H](c1ccccc1Cl)N(C)C(=O)[C@H](C)S(C)(=O)=O. The van der Waals surface area contributed by atoms with Crippen LogP contribution < -0.4 is 0 Å². The molecule has 0 unspecified atom stereocenters. The molecule has 0 spiro atoms. The monoisotopic (exact) mass is 331 g/mol. The summed E-state index contributed by atoms with van der Waals surface area (Å²) in [6.07, 6.45) is 1.07. The summed E-state index contributed by atoms with van der Waals surface area (Å²) in [7, 11) is -1.80. The number of amides is 1. The molecular formula is C15H22ClNO3S. The highest BCUT2D eigenvalue weighted by atomic mass is 35.5. The minimum atomic E-state index is -3.42. The molecule has 0 aromatic heterocycles. The van der Waals surface area contributed by atoms with E-state index in [1.807, 2.05) is 32.0 Å². The van der Waals surface area contributed by atoms with Gasteiger partial charge in [0.25, 0.3) is 0 Å². The van der Waals surface area contributed by atoms with Crippen molar-refractivity contribution in [3.8, 4) is 0 Å². The summed E-state index contributed by atoms with van der Waals surface area (Å²) in [6.45, 7) is 5.37. The van der Waals surface area contributed by atoms with Crippen molar-refractivity contribution in [2.24, 2.45) is 5.92 Å². The second-order valence-corrected chi connectivity index (χ2v) is 8.40. The Morgan fingerprint density at radius 2 is 1.71 bits per heavy atom. The highest BCUT2D eigenvalue weighted by Gasteiger charge is 2.32. The average Bonchev–Trinajstić information content (AvgIpc) is 2.38. The van der Waals surface area contributed by atoms with Crippen molar-refractivity contribution in [3.63, 3.8) is 0 Å². The van der Waals surface area contributed by atoms with Crippen LogP contribution in [0.25, 0.3) is 0 Å². The van der Waals surface area contributed by atoms with Gasteiger partial charge in [0, 0.05) is 18.3 Å². The molecule has 2 atom stereocenters. The van der Waals surface area contributed by atoms with Crippen LogP contribution in [-0.2, 0) is 14.6 Å². The molecule has 6 heteroatoms. The Morgan fingerprint density at radius 1 is 1.19 bits per heavy atom. The number of hydrogen-bond donors (Lipinski definition) is 0. The number of hydrogen-bond acceptors (Lipinski definition) is 3. The first-order valence-electron chi connectivity index (χ1n) is 6.77. The van der Waals surface area contributed by atoms with Gasteiger partial charge in [-0.15, -0.1) is 0 Å². The van der Waals surface area contributed by atoms with Crippen LogP contribution in [0.4, 0.5) is 0 Å². The fourth-order valence-electron chi connectivity index (χ4n) is 2.34. The zero-order chi connectivity index (χ0) is 16.4. The molecule has 1 rings (SSSR count). The maximum Gasteiger partial charge on any atom is 0.240 e. The van der Waals surface area contributed by atoms with Gasteiger partial charge in [0.1, 0.15) is 5.25 Å². The van der Waals surface area contributed by atoms with Gasteiger partial charge in [0.15, 0.2) is 9.84 Å². The third kappa shape index (κ3) is 4.20. The number of carbonyl (C=O) groups is 1. The number of sulfone groups is 1. The smallest absolute Gasteiger partial charge is 0.240 e. The van der Waals surface area contributed by atoms with Crippen LogP contribution in [0.5, 0.6) is 0 Å². The van der Waals surface area contributed by atoms with Crippen molar-refractivity contribution in [3.05, 3.63) is 34.9 Å². The topological polar surface area (TPSA) is 54.5 Å².